The number of anilines is 1. The van der Waals surface area contributed by atoms with E-state index in [0.717, 1.165) is 12.5 Å². The van der Waals surface area contributed by atoms with Crippen LogP contribution in [0.1, 0.15) is 53.9 Å². The van der Waals surface area contributed by atoms with Gasteiger partial charge in [-0.15, -0.1) is 10.2 Å². The summed E-state index contributed by atoms with van der Waals surface area (Å²) in [7, 11) is 0. The van der Waals surface area contributed by atoms with Crippen LogP contribution in [0, 0.1) is 10.1 Å². The first-order valence-corrected chi connectivity index (χ1v) is 12.6. The number of alkyl halides is 3. The highest BCUT2D eigenvalue weighted by atomic mass is 19.4. The molecule has 4 heterocycles. The minimum Gasteiger partial charge on any atom is -0.415 e. The Hall–Kier alpha value is -4.33. The lowest BCUT2D eigenvalue weighted by Crippen LogP contribution is -2.45. The number of rotatable bonds is 5. The van der Waals surface area contributed by atoms with Gasteiger partial charge >= 0.3 is 11.9 Å². The van der Waals surface area contributed by atoms with Crippen molar-refractivity contribution >= 4 is 17.4 Å². The minimum atomic E-state index is -4.99. The number of pyridine rings is 1. The number of allylic oxidation sites excluding steroid dienone is 1. The molecule has 210 valence electrons. The molecule has 2 aromatic heterocycles. The molecule has 2 aliphatic rings. The average Bonchev–Trinajstić information content (AvgIpc) is 3.59. The Balaban J connectivity index is 1.69. The zero-order chi connectivity index (χ0) is 28.5. The van der Waals surface area contributed by atoms with E-state index in [2.05, 4.69) is 15.2 Å². The van der Waals surface area contributed by atoms with Crippen LogP contribution in [0.25, 0.3) is 11.6 Å². The first kappa shape index (κ1) is 27.2. The predicted molar refractivity (Wildman–Crippen MR) is 135 cm³/mol. The van der Waals surface area contributed by atoms with Crippen LogP contribution in [-0.2, 0) is 16.9 Å². The maximum atomic E-state index is 14.8. The summed E-state index contributed by atoms with van der Waals surface area (Å²) >= 11 is 0. The Kier molecular flexibility index (Phi) is 7.27. The quantitative estimate of drug-likeness (QED) is 0.264. The van der Waals surface area contributed by atoms with E-state index in [9.17, 15) is 28.1 Å². The molecule has 2 atom stereocenters. The molecule has 14 heteroatoms. The molecule has 1 aromatic carbocycles. The van der Waals surface area contributed by atoms with Crippen LogP contribution in [0.4, 0.5) is 24.7 Å². The van der Waals surface area contributed by atoms with E-state index in [1.54, 1.807) is 42.5 Å². The maximum absolute atomic E-state index is 14.8. The third-order valence-electron chi connectivity index (χ3n) is 7.09. The zero-order valence-electron chi connectivity index (χ0n) is 21.1. The van der Waals surface area contributed by atoms with Crippen LogP contribution in [-0.4, -0.2) is 44.8 Å². The molecule has 40 heavy (non-hydrogen) atoms. The molecule has 0 saturated carbocycles. The summed E-state index contributed by atoms with van der Waals surface area (Å²) in [5.74, 6) is -2.38. The molecule has 4 bridgehead atoms. The molecule has 3 aromatic rings. The van der Waals surface area contributed by atoms with E-state index >= 15 is 0 Å². The van der Waals surface area contributed by atoms with Gasteiger partial charge in [-0.2, -0.15) is 13.2 Å². The van der Waals surface area contributed by atoms with Gasteiger partial charge in [0.1, 0.15) is 5.82 Å². The van der Waals surface area contributed by atoms with Gasteiger partial charge in [-0.05, 0) is 37.7 Å². The molecular formula is C26H25F3N6O5. The molecule has 1 amide bonds. The Morgan fingerprint density at radius 3 is 2.73 bits per heavy atom. The zero-order valence-corrected chi connectivity index (χ0v) is 21.1. The number of primary amides is 1. The van der Waals surface area contributed by atoms with Crippen LogP contribution in [0.2, 0.25) is 0 Å². The number of carbonyl (C=O) groups excluding carboxylic acids is 1. The highest BCUT2D eigenvalue weighted by molar-refractivity contribution is 5.99. The Morgan fingerprint density at radius 2 is 2.02 bits per heavy atom. The first-order valence-electron chi connectivity index (χ1n) is 12.6. The van der Waals surface area contributed by atoms with Gasteiger partial charge in [0.15, 0.2) is 0 Å². The lowest BCUT2D eigenvalue weighted by Gasteiger charge is -2.32. The van der Waals surface area contributed by atoms with Gasteiger partial charge < -0.3 is 19.8 Å². The van der Waals surface area contributed by atoms with E-state index in [1.165, 1.54) is 0 Å². The van der Waals surface area contributed by atoms with Crippen molar-refractivity contribution in [1.82, 2.24) is 15.2 Å². The summed E-state index contributed by atoms with van der Waals surface area (Å²) in [5, 5.41) is 19.4. The SMILES string of the molecule is NC(=O)c1cc([N+](=O)[O-])c2nc1N1CCC[C@H]1CC=CCCC(OCc1ccccc1)(C(F)(F)F)c1nnc-2o1. The van der Waals surface area contributed by atoms with Gasteiger partial charge in [0, 0.05) is 18.7 Å². The number of hydrogen-bond donors (Lipinski definition) is 1. The fourth-order valence-electron chi connectivity index (χ4n) is 5.06. The number of amides is 1. The summed E-state index contributed by atoms with van der Waals surface area (Å²) in [6.45, 7) is 0.0945. The molecule has 1 saturated heterocycles. The van der Waals surface area contributed by atoms with Crippen LogP contribution in [0.15, 0.2) is 53.0 Å². The van der Waals surface area contributed by atoms with Crippen molar-refractivity contribution in [3.8, 4) is 11.6 Å². The van der Waals surface area contributed by atoms with Gasteiger partial charge in [0.2, 0.25) is 11.3 Å². The number of fused-ring (bicyclic) bond motifs is 7. The van der Waals surface area contributed by atoms with E-state index in [-0.39, 0.29) is 23.8 Å². The Bertz CT molecular complexity index is 1440. The third kappa shape index (κ3) is 5.01. The van der Waals surface area contributed by atoms with Gasteiger partial charge in [0.05, 0.1) is 17.1 Å². The monoisotopic (exact) mass is 558 g/mol. The first-order chi connectivity index (χ1) is 19.1. The predicted octanol–water partition coefficient (Wildman–Crippen LogP) is 4.82. The van der Waals surface area contributed by atoms with Gasteiger partial charge in [-0.3, -0.25) is 14.9 Å². The lowest BCUT2D eigenvalue weighted by atomic mass is 9.95. The standard InChI is InChI=1S/C26H25F3N6O5/c27-26(28,29)25(39-15-16-8-3-1-4-9-16)12-6-2-5-10-17-11-7-13-34(17)22-18(21(30)36)14-19(35(37)38)20(31-22)23-32-33-24(25)40-23/h1-5,8-9,14,17H,6-7,10-13,15H2,(H2,30,36)/t17-,25?/m1/s1. The molecule has 2 aliphatic heterocycles. The molecule has 0 aliphatic carbocycles. The summed E-state index contributed by atoms with van der Waals surface area (Å²) in [4.78, 5) is 29.6. The summed E-state index contributed by atoms with van der Waals surface area (Å²) in [6, 6.07) is 9.10. The molecule has 1 unspecified atom stereocenters. The summed E-state index contributed by atoms with van der Waals surface area (Å²) in [5.41, 5.74) is 1.67. The second-order valence-corrected chi connectivity index (χ2v) is 9.60. The van der Waals surface area contributed by atoms with Crippen LogP contribution >= 0.6 is 0 Å². The number of ether oxygens (including phenoxy) is 1. The van der Waals surface area contributed by atoms with Crippen LogP contribution in [0.5, 0.6) is 0 Å². The van der Waals surface area contributed by atoms with Crippen molar-refractivity contribution in [2.45, 2.75) is 56.5 Å². The lowest BCUT2D eigenvalue weighted by molar-refractivity contribution is -0.384. The molecule has 0 spiro atoms. The number of nitrogens with two attached hydrogens (primary N) is 1. The molecule has 1 fully saturated rings. The van der Waals surface area contributed by atoms with E-state index in [1.807, 2.05) is 4.90 Å². The number of aromatic nitrogens is 3. The molecule has 5 rings (SSSR count). The number of benzene rings is 1. The average molecular weight is 559 g/mol. The van der Waals surface area contributed by atoms with Crippen LogP contribution in [0.3, 0.4) is 0 Å². The maximum Gasteiger partial charge on any atom is 0.426 e. The second-order valence-electron chi connectivity index (χ2n) is 9.60. The molecule has 2 N–H and O–H groups in total. The Morgan fingerprint density at radius 1 is 1.25 bits per heavy atom. The van der Waals surface area contributed by atoms with Crippen LogP contribution < -0.4 is 10.6 Å². The van der Waals surface area contributed by atoms with Crippen molar-refractivity contribution in [1.29, 1.82) is 0 Å². The van der Waals surface area contributed by atoms with Crippen molar-refractivity contribution < 1.29 is 32.0 Å². The van der Waals surface area contributed by atoms with Gasteiger partial charge in [-0.25, -0.2) is 4.98 Å². The number of carbonyl (C=O) groups is 1. The third-order valence-corrected chi connectivity index (χ3v) is 7.09. The topological polar surface area (TPSA) is 151 Å². The minimum absolute atomic E-state index is 0.0328. The van der Waals surface area contributed by atoms with Crippen molar-refractivity contribution in [2.75, 3.05) is 11.4 Å². The summed E-state index contributed by atoms with van der Waals surface area (Å²) in [6.07, 6.45) is -0.272. The van der Waals surface area contributed by atoms with Gasteiger partial charge in [0.25, 0.3) is 17.7 Å². The highest BCUT2D eigenvalue weighted by Gasteiger charge is 2.61. The van der Waals surface area contributed by atoms with E-state index in [0.29, 0.717) is 24.9 Å². The van der Waals surface area contributed by atoms with Crippen molar-refractivity contribution in [3.05, 3.63) is 75.7 Å². The summed E-state index contributed by atoms with van der Waals surface area (Å²) < 4.78 is 55.5. The van der Waals surface area contributed by atoms with Crippen molar-refractivity contribution in [3.63, 3.8) is 0 Å². The molecular weight excluding hydrogens is 533 g/mol. The van der Waals surface area contributed by atoms with E-state index < -0.39 is 58.8 Å². The highest BCUT2D eigenvalue weighted by Crippen LogP contribution is 2.47. The number of hydrogen-bond acceptors (Lipinski definition) is 9. The number of halogens is 3. The number of nitro groups is 1. The number of nitrogens with zero attached hydrogens (tertiary/aromatic N) is 5. The Labute approximate surface area is 226 Å². The fraction of sp³-hybridized carbons (Fsp3) is 0.385. The largest absolute Gasteiger partial charge is 0.426 e. The van der Waals surface area contributed by atoms with Gasteiger partial charge in [-0.1, -0.05) is 42.5 Å². The smallest absolute Gasteiger partial charge is 0.415 e. The second kappa shape index (κ2) is 10.7. The van der Waals surface area contributed by atoms with E-state index in [4.69, 9.17) is 14.9 Å². The molecule has 11 nitrogen and oxygen atoms in total. The fourth-order valence-corrected chi connectivity index (χ4v) is 5.06. The molecule has 0 radical (unpaired) electrons. The normalized spacial score (nSPS) is 21.1. The van der Waals surface area contributed by atoms with Crippen molar-refractivity contribution in [2.24, 2.45) is 5.73 Å².